The van der Waals surface area contributed by atoms with Crippen LogP contribution in [-0.4, -0.2) is 46.0 Å². The summed E-state index contributed by atoms with van der Waals surface area (Å²) in [6.07, 6.45) is 5.53. The lowest BCUT2D eigenvalue weighted by Crippen LogP contribution is -2.41. The molecule has 106 valence electrons. The number of carbonyl (C=O) groups excluding carboxylic acids is 4. The van der Waals surface area contributed by atoms with E-state index in [-0.39, 0.29) is 35.6 Å². The number of rotatable bonds is 5. The van der Waals surface area contributed by atoms with Crippen molar-refractivity contribution in [1.29, 1.82) is 0 Å². The Morgan fingerprint density at radius 2 is 1.30 bits per heavy atom. The van der Waals surface area contributed by atoms with Gasteiger partial charge < -0.3 is 0 Å². The van der Waals surface area contributed by atoms with Gasteiger partial charge in [0.15, 0.2) is 0 Å². The van der Waals surface area contributed by atoms with Crippen LogP contribution in [0.15, 0.2) is 24.3 Å². The average Bonchev–Trinajstić information content (AvgIpc) is 2.86. The topological polar surface area (TPSA) is 74.8 Å². The van der Waals surface area contributed by atoms with Crippen LogP contribution in [0, 0.1) is 5.92 Å². The summed E-state index contributed by atoms with van der Waals surface area (Å²) in [6, 6.07) is -0.263. The van der Waals surface area contributed by atoms with Gasteiger partial charge in [0.05, 0.1) is 0 Å². The fourth-order valence-corrected chi connectivity index (χ4v) is 2.53. The predicted molar refractivity (Wildman–Crippen MR) is 70.1 cm³/mol. The van der Waals surface area contributed by atoms with E-state index in [4.69, 9.17) is 0 Å². The maximum absolute atomic E-state index is 11.5. The minimum Gasteiger partial charge on any atom is -0.275 e. The fraction of sp³-hybridized carbons (Fsp3) is 0.429. The Hall–Kier alpha value is -2.24. The Morgan fingerprint density at radius 3 is 1.80 bits per heavy atom. The van der Waals surface area contributed by atoms with Crippen LogP contribution < -0.4 is 0 Å². The first-order valence-corrected chi connectivity index (χ1v) is 6.49. The highest BCUT2D eigenvalue weighted by Crippen LogP contribution is 2.18. The van der Waals surface area contributed by atoms with Crippen molar-refractivity contribution in [2.75, 3.05) is 6.54 Å². The van der Waals surface area contributed by atoms with Crippen molar-refractivity contribution in [2.24, 2.45) is 5.92 Å². The van der Waals surface area contributed by atoms with Crippen molar-refractivity contribution in [1.82, 2.24) is 9.80 Å². The van der Waals surface area contributed by atoms with Gasteiger partial charge in [-0.3, -0.25) is 29.0 Å². The summed E-state index contributed by atoms with van der Waals surface area (Å²) in [6.45, 7) is 3.96. The summed E-state index contributed by atoms with van der Waals surface area (Å²) in [7, 11) is 0. The molecular formula is C14H16N2O4. The molecule has 0 bridgehead atoms. The van der Waals surface area contributed by atoms with E-state index in [9.17, 15) is 19.2 Å². The Bertz CT molecular complexity index is 499. The second-order valence-electron chi connectivity index (χ2n) is 5.19. The van der Waals surface area contributed by atoms with Crippen LogP contribution in [0.4, 0.5) is 0 Å². The second-order valence-corrected chi connectivity index (χ2v) is 5.19. The lowest BCUT2D eigenvalue weighted by atomic mass is 10.0. The maximum atomic E-state index is 11.5. The maximum Gasteiger partial charge on any atom is 0.253 e. The van der Waals surface area contributed by atoms with Gasteiger partial charge in [-0.1, -0.05) is 6.92 Å². The molecule has 0 saturated heterocycles. The molecule has 0 aromatic heterocycles. The van der Waals surface area contributed by atoms with Crippen molar-refractivity contribution in [3.05, 3.63) is 24.3 Å². The van der Waals surface area contributed by atoms with Gasteiger partial charge in [-0.25, -0.2) is 0 Å². The summed E-state index contributed by atoms with van der Waals surface area (Å²) in [5.41, 5.74) is 0. The molecular weight excluding hydrogens is 260 g/mol. The number of carbonyl (C=O) groups is 4. The Labute approximate surface area is 116 Å². The number of imide groups is 2. The summed E-state index contributed by atoms with van der Waals surface area (Å²) < 4.78 is 0. The molecule has 2 aliphatic heterocycles. The van der Waals surface area contributed by atoms with E-state index in [1.807, 2.05) is 6.92 Å². The molecule has 2 rings (SSSR count). The predicted octanol–water partition coefficient (Wildman–Crippen LogP) is 0.251. The second kappa shape index (κ2) is 5.40. The zero-order valence-electron chi connectivity index (χ0n) is 11.4. The Kier molecular flexibility index (Phi) is 3.83. The molecule has 6 nitrogen and oxygen atoms in total. The van der Waals surface area contributed by atoms with Crippen LogP contribution in [0.1, 0.15) is 20.3 Å². The molecule has 6 heteroatoms. The van der Waals surface area contributed by atoms with Gasteiger partial charge in [0.25, 0.3) is 23.6 Å². The molecule has 0 aromatic carbocycles. The lowest BCUT2D eigenvalue weighted by molar-refractivity contribution is -0.141. The largest absolute Gasteiger partial charge is 0.275 e. The lowest BCUT2D eigenvalue weighted by Gasteiger charge is -2.27. The molecule has 0 spiro atoms. The fourth-order valence-electron chi connectivity index (χ4n) is 2.53. The summed E-state index contributed by atoms with van der Waals surface area (Å²) in [5.74, 6) is -1.26. The van der Waals surface area contributed by atoms with Crippen molar-refractivity contribution in [3.8, 4) is 0 Å². The molecule has 0 saturated carbocycles. The molecule has 2 unspecified atom stereocenters. The quantitative estimate of drug-likeness (QED) is 0.675. The molecule has 0 radical (unpaired) electrons. The molecule has 4 amide bonds. The average molecular weight is 276 g/mol. The first kappa shape index (κ1) is 14.2. The molecule has 0 aliphatic carbocycles. The summed E-state index contributed by atoms with van der Waals surface area (Å²) >= 11 is 0. The minimum absolute atomic E-state index is 0.000926. The highest BCUT2D eigenvalue weighted by atomic mass is 16.2. The monoisotopic (exact) mass is 276 g/mol. The molecule has 0 aromatic rings. The van der Waals surface area contributed by atoms with Crippen LogP contribution in [0.2, 0.25) is 0 Å². The molecule has 2 aliphatic rings. The van der Waals surface area contributed by atoms with Gasteiger partial charge in [0.1, 0.15) is 0 Å². The van der Waals surface area contributed by atoms with Crippen LogP contribution in [0.25, 0.3) is 0 Å². The zero-order valence-corrected chi connectivity index (χ0v) is 11.4. The van der Waals surface area contributed by atoms with Gasteiger partial charge in [-0.15, -0.1) is 0 Å². The van der Waals surface area contributed by atoms with Gasteiger partial charge in [-0.2, -0.15) is 0 Å². The highest BCUT2D eigenvalue weighted by Gasteiger charge is 2.31. The minimum atomic E-state index is -0.315. The van der Waals surface area contributed by atoms with E-state index in [1.54, 1.807) is 6.92 Å². The normalized spacial score (nSPS) is 21.3. The number of amides is 4. The zero-order chi connectivity index (χ0) is 14.9. The van der Waals surface area contributed by atoms with Crippen LogP contribution >= 0.6 is 0 Å². The Balaban J connectivity index is 1.90. The first-order valence-electron chi connectivity index (χ1n) is 6.49. The van der Waals surface area contributed by atoms with E-state index in [0.717, 1.165) is 0 Å². The molecule has 2 atom stereocenters. The summed E-state index contributed by atoms with van der Waals surface area (Å²) in [4.78, 5) is 48.4. The van der Waals surface area contributed by atoms with Gasteiger partial charge >= 0.3 is 0 Å². The van der Waals surface area contributed by atoms with Gasteiger partial charge in [-0.05, 0) is 19.3 Å². The highest BCUT2D eigenvalue weighted by molar-refractivity contribution is 6.13. The van der Waals surface area contributed by atoms with Crippen LogP contribution in [0.5, 0.6) is 0 Å². The van der Waals surface area contributed by atoms with Crippen molar-refractivity contribution in [2.45, 2.75) is 26.3 Å². The first-order chi connectivity index (χ1) is 9.40. The Morgan fingerprint density at radius 1 is 0.850 bits per heavy atom. The third-order valence-corrected chi connectivity index (χ3v) is 3.42. The van der Waals surface area contributed by atoms with Gasteiger partial charge in [0, 0.05) is 36.9 Å². The van der Waals surface area contributed by atoms with E-state index < -0.39 is 0 Å². The standard InChI is InChI=1S/C14H16N2O4/c1-9(8-15-11(17)3-4-12(15)18)7-10(2)16-13(19)5-6-14(16)20/h3-6,9-10H,7-8H2,1-2H3. The van der Waals surface area contributed by atoms with Crippen LogP contribution in [0.3, 0.4) is 0 Å². The van der Waals surface area contributed by atoms with E-state index in [0.29, 0.717) is 13.0 Å². The van der Waals surface area contributed by atoms with E-state index in [1.165, 1.54) is 34.1 Å². The summed E-state index contributed by atoms with van der Waals surface area (Å²) in [5, 5.41) is 0. The number of hydrogen-bond donors (Lipinski definition) is 0. The van der Waals surface area contributed by atoms with Crippen LogP contribution in [-0.2, 0) is 19.2 Å². The third kappa shape index (κ3) is 2.68. The van der Waals surface area contributed by atoms with E-state index >= 15 is 0 Å². The van der Waals surface area contributed by atoms with Crippen molar-refractivity contribution in [3.63, 3.8) is 0 Å². The van der Waals surface area contributed by atoms with E-state index in [2.05, 4.69) is 0 Å². The molecule has 2 heterocycles. The van der Waals surface area contributed by atoms with Gasteiger partial charge in [0.2, 0.25) is 0 Å². The number of hydrogen-bond acceptors (Lipinski definition) is 4. The smallest absolute Gasteiger partial charge is 0.253 e. The van der Waals surface area contributed by atoms with Crippen molar-refractivity contribution >= 4 is 23.6 Å². The number of nitrogens with zero attached hydrogens (tertiary/aromatic N) is 2. The SMILES string of the molecule is CC(CC(C)N1C(=O)C=CC1=O)CN1C(=O)C=CC1=O. The third-order valence-electron chi connectivity index (χ3n) is 3.42. The van der Waals surface area contributed by atoms with Crippen molar-refractivity contribution < 1.29 is 19.2 Å². The molecule has 0 N–H and O–H groups in total. The molecule has 0 fully saturated rings. The molecule has 20 heavy (non-hydrogen) atoms.